The van der Waals surface area contributed by atoms with Crippen LogP contribution >= 0.6 is 10.7 Å². The Kier molecular flexibility index (Phi) is 2.88. The van der Waals surface area contributed by atoms with E-state index in [0.717, 1.165) is 12.1 Å². The van der Waals surface area contributed by atoms with Crippen LogP contribution in [-0.2, 0) is 15.2 Å². The normalized spacial score (nSPS) is 12.8. The second-order valence-corrected chi connectivity index (χ2v) is 5.25. The summed E-state index contributed by atoms with van der Waals surface area (Å²) in [5, 5.41) is 0. The Labute approximate surface area is 88.1 Å². The fourth-order valence-electron chi connectivity index (χ4n) is 0.933. The number of nitrogens with two attached hydrogens (primary N) is 1. The minimum absolute atomic E-state index is 0.400. The van der Waals surface area contributed by atoms with Gasteiger partial charge in [0.05, 0.1) is 10.5 Å². The first kappa shape index (κ1) is 12.1. The Morgan fingerprint density at radius 3 is 2.20 bits per heavy atom. The van der Waals surface area contributed by atoms with Crippen LogP contribution in [0.25, 0.3) is 0 Å². The lowest BCUT2D eigenvalue weighted by Crippen LogP contribution is -2.09. The maximum absolute atomic E-state index is 12.3. The molecule has 0 saturated heterocycles. The molecular weight excluding hydrogens is 255 g/mol. The molecule has 1 rings (SSSR count). The summed E-state index contributed by atoms with van der Waals surface area (Å²) in [6.45, 7) is 0. The number of rotatable bonds is 1. The molecule has 0 unspecified atom stereocenters. The lowest BCUT2D eigenvalue weighted by atomic mass is 10.2. The van der Waals surface area contributed by atoms with Crippen molar-refractivity contribution < 1.29 is 21.6 Å². The van der Waals surface area contributed by atoms with Crippen LogP contribution in [0.5, 0.6) is 0 Å². The number of hydrogen-bond acceptors (Lipinski definition) is 3. The lowest BCUT2D eigenvalue weighted by Gasteiger charge is -2.10. The number of hydrogen-bond donors (Lipinski definition) is 1. The van der Waals surface area contributed by atoms with E-state index in [0.29, 0.717) is 6.07 Å². The summed E-state index contributed by atoms with van der Waals surface area (Å²) in [6.07, 6.45) is -4.71. The predicted molar refractivity (Wildman–Crippen MR) is 48.9 cm³/mol. The largest absolute Gasteiger partial charge is 0.418 e. The summed E-state index contributed by atoms with van der Waals surface area (Å²) >= 11 is 0. The minimum atomic E-state index is -4.71. The van der Waals surface area contributed by atoms with Crippen LogP contribution in [0.1, 0.15) is 5.56 Å². The fourth-order valence-corrected chi connectivity index (χ4v) is 1.71. The highest BCUT2D eigenvalue weighted by molar-refractivity contribution is 8.13. The van der Waals surface area contributed by atoms with E-state index in [1.165, 1.54) is 0 Å². The summed E-state index contributed by atoms with van der Waals surface area (Å²) in [5.74, 6) is 0. The lowest BCUT2D eigenvalue weighted by molar-refractivity contribution is -0.137. The zero-order valence-corrected chi connectivity index (χ0v) is 8.62. The molecule has 0 amide bonds. The highest BCUT2D eigenvalue weighted by atomic mass is 35.7. The van der Waals surface area contributed by atoms with Gasteiger partial charge in [0.1, 0.15) is 0 Å². The maximum Gasteiger partial charge on any atom is 0.418 e. The predicted octanol–water partition coefficient (Wildman–Crippen LogP) is 2.22. The first-order valence-corrected chi connectivity index (χ1v) is 5.84. The fraction of sp³-hybridized carbons (Fsp3) is 0.143. The highest BCUT2D eigenvalue weighted by Gasteiger charge is 2.34. The molecule has 3 nitrogen and oxygen atoms in total. The van der Waals surface area contributed by atoms with E-state index < -0.39 is 31.4 Å². The smallest absolute Gasteiger partial charge is 0.398 e. The van der Waals surface area contributed by atoms with Crippen LogP contribution in [0.15, 0.2) is 23.1 Å². The van der Waals surface area contributed by atoms with Gasteiger partial charge in [-0.15, -0.1) is 0 Å². The van der Waals surface area contributed by atoms with Gasteiger partial charge in [0.25, 0.3) is 9.05 Å². The molecule has 0 bridgehead atoms. The Hall–Kier alpha value is -0.950. The molecule has 0 fully saturated rings. The van der Waals surface area contributed by atoms with Crippen molar-refractivity contribution in [1.29, 1.82) is 0 Å². The van der Waals surface area contributed by atoms with Crippen molar-refractivity contribution >= 4 is 25.4 Å². The first-order valence-electron chi connectivity index (χ1n) is 3.54. The van der Waals surface area contributed by atoms with Crippen LogP contribution in [0.4, 0.5) is 18.9 Å². The molecule has 1 aromatic carbocycles. The molecule has 2 N–H and O–H groups in total. The Morgan fingerprint density at radius 1 is 1.27 bits per heavy atom. The molecule has 8 heteroatoms. The average molecular weight is 260 g/mol. The van der Waals surface area contributed by atoms with E-state index >= 15 is 0 Å². The summed E-state index contributed by atoms with van der Waals surface area (Å²) < 4.78 is 58.5. The van der Waals surface area contributed by atoms with Gasteiger partial charge in [0.15, 0.2) is 0 Å². The van der Waals surface area contributed by atoms with Crippen molar-refractivity contribution in [2.24, 2.45) is 0 Å². The summed E-state index contributed by atoms with van der Waals surface area (Å²) in [5.41, 5.74) is 3.29. The molecule has 0 radical (unpaired) electrons. The SMILES string of the molecule is Nc1ccc(S(=O)(=O)Cl)cc1C(F)(F)F. The quantitative estimate of drug-likeness (QED) is 0.621. The van der Waals surface area contributed by atoms with Gasteiger partial charge in [0.2, 0.25) is 0 Å². The molecule has 0 atom stereocenters. The molecular formula is C7H5ClF3NO2S. The molecule has 0 aromatic heterocycles. The van der Waals surface area contributed by atoms with Crippen molar-refractivity contribution in [1.82, 2.24) is 0 Å². The number of halogens is 4. The Balaban J connectivity index is 3.43. The molecule has 1 aromatic rings. The second-order valence-electron chi connectivity index (χ2n) is 2.68. The van der Waals surface area contributed by atoms with Crippen LogP contribution in [0.2, 0.25) is 0 Å². The minimum Gasteiger partial charge on any atom is -0.398 e. The highest BCUT2D eigenvalue weighted by Crippen LogP contribution is 2.35. The third-order valence-corrected chi connectivity index (χ3v) is 2.96. The zero-order valence-electron chi connectivity index (χ0n) is 7.05. The molecule has 15 heavy (non-hydrogen) atoms. The molecule has 0 aliphatic rings. The van der Waals surface area contributed by atoms with Gasteiger partial charge in [-0.05, 0) is 18.2 Å². The zero-order chi connectivity index (χ0) is 11.9. The topological polar surface area (TPSA) is 60.2 Å². The Morgan fingerprint density at radius 2 is 1.80 bits per heavy atom. The van der Waals surface area contributed by atoms with Crippen molar-refractivity contribution in [2.75, 3.05) is 5.73 Å². The van der Waals surface area contributed by atoms with Gasteiger partial charge in [0, 0.05) is 16.4 Å². The van der Waals surface area contributed by atoms with Crippen LogP contribution in [0, 0.1) is 0 Å². The molecule has 0 aliphatic carbocycles. The van der Waals surface area contributed by atoms with Crippen LogP contribution in [-0.4, -0.2) is 8.42 Å². The van der Waals surface area contributed by atoms with E-state index in [1.54, 1.807) is 0 Å². The van der Waals surface area contributed by atoms with Gasteiger partial charge in [-0.25, -0.2) is 8.42 Å². The van der Waals surface area contributed by atoms with Gasteiger partial charge in [-0.2, -0.15) is 13.2 Å². The second kappa shape index (κ2) is 3.57. The van der Waals surface area contributed by atoms with Gasteiger partial charge in [-0.1, -0.05) is 0 Å². The van der Waals surface area contributed by atoms with Gasteiger partial charge >= 0.3 is 6.18 Å². The number of benzene rings is 1. The number of alkyl halides is 3. The summed E-state index contributed by atoms with van der Waals surface area (Å²) in [6, 6.07) is 2.16. The molecule has 84 valence electrons. The molecule has 0 heterocycles. The van der Waals surface area contributed by atoms with E-state index in [9.17, 15) is 21.6 Å². The first-order chi connectivity index (χ1) is 6.62. The standard InChI is InChI=1S/C7H5ClF3NO2S/c8-15(13,14)4-1-2-6(12)5(3-4)7(9,10)11/h1-3H,12H2. The van der Waals surface area contributed by atoms with E-state index in [1.807, 2.05) is 0 Å². The summed E-state index contributed by atoms with van der Waals surface area (Å²) in [4.78, 5) is -0.634. The average Bonchev–Trinajstić information content (AvgIpc) is 2.00. The third kappa shape index (κ3) is 2.75. The third-order valence-electron chi connectivity index (χ3n) is 1.61. The molecule has 0 spiro atoms. The van der Waals surface area contributed by atoms with Crippen molar-refractivity contribution in [3.63, 3.8) is 0 Å². The summed E-state index contributed by atoms with van der Waals surface area (Å²) in [7, 11) is 0.711. The van der Waals surface area contributed by atoms with Crippen LogP contribution < -0.4 is 5.73 Å². The van der Waals surface area contributed by atoms with Crippen molar-refractivity contribution in [3.8, 4) is 0 Å². The molecule has 0 aliphatic heterocycles. The van der Waals surface area contributed by atoms with E-state index in [-0.39, 0.29) is 0 Å². The Bertz CT molecular complexity index is 483. The van der Waals surface area contributed by atoms with Gasteiger partial charge < -0.3 is 5.73 Å². The van der Waals surface area contributed by atoms with Crippen molar-refractivity contribution in [3.05, 3.63) is 23.8 Å². The number of nitrogen functional groups attached to an aromatic ring is 1. The maximum atomic E-state index is 12.3. The van der Waals surface area contributed by atoms with E-state index in [4.69, 9.17) is 16.4 Å². The molecule has 0 saturated carbocycles. The van der Waals surface area contributed by atoms with Crippen LogP contribution in [0.3, 0.4) is 0 Å². The monoisotopic (exact) mass is 259 g/mol. The van der Waals surface area contributed by atoms with Crippen molar-refractivity contribution in [2.45, 2.75) is 11.1 Å². The van der Waals surface area contributed by atoms with Gasteiger partial charge in [-0.3, -0.25) is 0 Å². The van der Waals surface area contributed by atoms with E-state index in [2.05, 4.69) is 0 Å². The number of anilines is 1.